The molecule has 1 atom stereocenters. The Bertz CT molecular complexity index is 677. The summed E-state index contributed by atoms with van der Waals surface area (Å²) >= 11 is 0. The van der Waals surface area contributed by atoms with E-state index < -0.39 is 0 Å². The average Bonchev–Trinajstić information content (AvgIpc) is 2.99. The molecule has 1 N–H and O–H groups in total. The zero-order valence-corrected chi connectivity index (χ0v) is 12.0. The number of aromatic nitrogens is 1. The molecule has 1 aliphatic rings. The van der Waals surface area contributed by atoms with Gasteiger partial charge in [0.2, 0.25) is 0 Å². The number of aliphatic hydroxyl groups excluding tert-OH is 1. The quantitative estimate of drug-likeness (QED) is 0.936. The molecule has 1 saturated heterocycles. The van der Waals surface area contributed by atoms with Crippen molar-refractivity contribution in [1.82, 2.24) is 4.98 Å². The van der Waals surface area contributed by atoms with E-state index in [-0.39, 0.29) is 6.61 Å². The van der Waals surface area contributed by atoms with Crippen LogP contribution in [-0.2, 0) is 0 Å². The first-order valence-electron chi connectivity index (χ1n) is 7.50. The third-order valence-electron chi connectivity index (χ3n) is 4.23. The average molecular weight is 281 g/mol. The maximum atomic E-state index is 9.44. The highest BCUT2D eigenvalue weighted by atomic mass is 16.2. The first-order chi connectivity index (χ1) is 10.3. The number of para-hydroxylation sites is 1. The Hall–Kier alpha value is -2.12. The first-order valence-corrected chi connectivity index (χ1v) is 7.50. The Morgan fingerprint density at radius 2 is 2.24 bits per heavy atom. The second-order valence-electron chi connectivity index (χ2n) is 5.50. The van der Waals surface area contributed by atoms with Crippen LogP contribution in [0.1, 0.15) is 31.2 Å². The maximum Gasteiger partial charge on any atom is 0.103 e. The highest BCUT2D eigenvalue weighted by Crippen LogP contribution is 2.35. The number of benzene rings is 1. The standard InChI is InChI=1S/C17H19N3O/c18-11-13-12-19-16-8-2-1-7-15(16)17(13)20-9-3-5-14(20)6-4-10-21/h1-2,7-8,12,14,21H,3-6,9-10H2. The van der Waals surface area contributed by atoms with E-state index >= 15 is 0 Å². The van der Waals surface area contributed by atoms with Crippen molar-refractivity contribution in [2.45, 2.75) is 31.7 Å². The zero-order valence-electron chi connectivity index (χ0n) is 12.0. The molecule has 1 aromatic carbocycles. The van der Waals surface area contributed by atoms with Gasteiger partial charge in [0.1, 0.15) is 6.07 Å². The number of rotatable bonds is 4. The summed E-state index contributed by atoms with van der Waals surface area (Å²) in [7, 11) is 0. The number of hydrogen-bond donors (Lipinski definition) is 1. The summed E-state index contributed by atoms with van der Waals surface area (Å²) in [6, 6.07) is 10.7. The summed E-state index contributed by atoms with van der Waals surface area (Å²) in [6.45, 7) is 1.20. The number of nitrogens with zero attached hydrogens (tertiary/aromatic N) is 3. The van der Waals surface area contributed by atoms with Gasteiger partial charge in [-0.15, -0.1) is 0 Å². The van der Waals surface area contributed by atoms with Crippen molar-refractivity contribution in [2.75, 3.05) is 18.1 Å². The number of nitriles is 1. The molecule has 0 radical (unpaired) electrons. The monoisotopic (exact) mass is 281 g/mol. The third-order valence-corrected chi connectivity index (χ3v) is 4.23. The van der Waals surface area contributed by atoms with Crippen LogP contribution in [0.4, 0.5) is 5.69 Å². The topological polar surface area (TPSA) is 60.2 Å². The van der Waals surface area contributed by atoms with Crippen LogP contribution in [0.25, 0.3) is 10.9 Å². The van der Waals surface area contributed by atoms with Crippen molar-refractivity contribution >= 4 is 16.6 Å². The first kappa shape index (κ1) is 13.8. The largest absolute Gasteiger partial charge is 0.396 e. The van der Waals surface area contributed by atoms with E-state index in [9.17, 15) is 5.26 Å². The molecule has 0 aliphatic carbocycles. The van der Waals surface area contributed by atoms with Crippen molar-refractivity contribution in [2.24, 2.45) is 0 Å². The number of hydrogen-bond acceptors (Lipinski definition) is 4. The minimum absolute atomic E-state index is 0.229. The fourth-order valence-corrected chi connectivity index (χ4v) is 3.28. The Labute approximate surface area is 124 Å². The lowest BCUT2D eigenvalue weighted by Gasteiger charge is -2.28. The van der Waals surface area contributed by atoms with Crippen LogP contribution in [0, 0.1) is 11.3 Å². The minimum Gasteiger partial charge on any atom is -0.396 e. The summed E-state index contributed by atoms with van der Waals surface area (Å²) in [4.78, 5) is 6.73. The highest BCUT2D eigenvalue weighted by Gasteiger charge is 2.27. The smallest absolute Gasteiger partial charge is 0.103 e. The Kier molecular flexibility index (Phi) is 4.03. The summed E-state index contributed by atoms with van der Waals surface area (Å²) in [5, 5.41) is 19.6. The molecule has 1 aromatic heterocycles. The SMILES string of the molecule is N#Cc1cnc2ccccc2c1N1CCCC1CCCO. The molecule has 0 bridgehead atoms. The molecule has 1 aliphatic heterocycles. The van der Waals surface area contributed by atoms with Crippen LogP contribution in [0.15, 0.2) is 30.5 Å². The number of fused-ring (bicyclic) bond motifs is 1. The molecule has 2 aromatic rings. The maximum absolute atomic E-state index is 9.44. The van der Waals surface area contributed by atoms with E-state index in [0.29, 0.717) is 11.6 Å². The summed E-state index contributed by atoms with van der Waals surface area (Å²) in [5.41, 5.74) is 2.59. The fraction of sp³-hybridized carbons (Fsp3) is 0.412. The van der Waals surface area contributed by atoms with Crippen molar-refractivity contribution in [3.63, 3.8) is 0 Å². The van der Waals surface area contributed by atoms with Crippen molar-refractivity contribution in [3.8, 4) is 6.07 Å². The number of anilines is 1. The molecule has 1 unspecified atom stereocenters. The van der Waals surface area contributed by atoms with Gasteiger partial charge in [-0.1, -0.05) is 18.2 Å². The minimum atomic E-state index is 0.229. The van der Waals surface area contributed by atoms with Gasteiger partial charge in [0.15, 0.2) is 0 Å². The second-order valence-corrected chi connectivity index (χ2v) is 5.50. The van der Waals surface area contributed by atoms with Crippen molar-refractivity contribution < 1.29 is 5.11 Å². The molecular formula is C17H19N3O. The summed E-state index contributed by atoms with van der Waals surface area (Å²) in [5.74, 6) is 0. The molecule has 108 valence electrons. The third kappa shape index (κ3) is 2.57. The fourth-order valence-electron chi connectivity index (χ4n) is 3.28. The molecule has 1 fully saturated rings. The molecule has 0 spiro atoms. The molecule has 3 rings (SSSR count). The van der Waals surface area contributed by atoms with Gasteiger partial charge in [-0.2, -0.15) is 5.26 Å². The lowest BCUT2D eigenvalue weighted by Crippen LogP contribution is -2.30. The lowest BCUT2D eigenvalue weighted by molar-refractivity contribution is 0.279. The second kappa shape index (κ2) is 6.11. The molecule has 21 heavy (non-hydrogen) atoms. The molecule has 2 heterocycles. The van der Waals surface area contributed by atoms with Crippen molar-refractivity contribution in [3.05, 3.63) is 36.0 Å². The van der Waals surface area contributed by atoms with Gasteiger partial charge in [-0.05, 0) is 31.7 Å². The van der Waals surface area contributed by atoms with Gasteiger partial charge >= 0.3 is 0 Å². The van der Waals surface area contributed by atoms with E-state index in [2.05, 4.69) is 16.0 Å². The summed E-state index contributed by atoms with van der Waals surface area (Å²) in [6.07, 6.45) is 5.72. The predicted octanol–water partition coefficient (Wildman–Crippen LogP) is 2.85. The van der Waals surface area contributed by atoms with Gasteiger partial charge in [0.25, 0.3) is 0 Å². The van der Waals surface area contributed by atoms with E-state index in [1.54, 1.807) is 6.20 Å². The van der Waals surface area contributed by atoms with Gasteiger partial charge in [0, 0.05) is 30.8 Å². The zero-order chi connectivity index (χ0) is 14.7. The van der Waals surface area contributed by atoms with Crippen LogP contribution in [0.2, 0.25) is 0 Å². The molecule has 4 heteroatoms. The van der Waals surface area contributed by atoms with E-state index in [1.807, 2.05) is 24.3 Å². The van der Waals surface area contributed by atoms with E-state index in [4.69, 9.17) is 5.11 Å². The Morgan fingerprint density at radius 3 is 3.05 bits per heavy atom. The Morgan fingerprint density at radius 1 is 1.38 bits per heavy atom. The molecular weight excluding hydrogens is 262 g/mol. The van der Waals surface area contributed by atoms with Gasteiger partial charge < -0.3 is 10.0 Å². The van der Waals surface area contributed by atoms with Crippen molar-refractivity contribution in [1.29, 1.82) is 5.26 Å². The van der Waals surface area contributed by atoms with Crippen LogP contribution >= 0.6 is 0 Å². The normalized spacial score (nSPS) is 18.1. The number of aliphatic hydroxyl groups is 1. The van der Waals surface area contributed by atoms with Crippen LogP contribution < -0.4 is 4.90 Å². The highest BCUT2D eigenvalue weighted by molar-refractivity contribution is 5.94. The van der Waals surface area contributed by atoms with Gasteiger partial charge in [-0.25, -0.2) is 0 Å². The van der Waals surface area contributed by atoms with E-state index in [1.165, 1.54) is 0 Å². The van der Waals surface area contributed by atoms with Gasteiger partial charge in [0.05, 0.1) is 16.8 Å². The van der Waals surface area contributed by atoms with E-state index in [0.717, 1.165) is 48.8 Å². The van der Waals surface area contributed by atoms with Gasteiger partial charge in [-0.3, -0.25) is 4.98 Å². The van der Waals surface area contributed by atoms with Crippen LogP contribution in [0.5, 0.6) is 0 Å². The van der Waals surface area contributed by atoms with Crippen LogP contribution in [0.3, 0.4) is 0 Å². The Balaban J connectivity index is 2.07. The molecule has 0 saturated carbocycles. The lowest BCUT2D eigenvalue weighted by atomic mass is 10.1. The molecule has 0 amide bonds. The van der Waals surface area contributed by atoms with Crippen LogP contribution in [-0.4, -0.2) is 29.3 Å². The summed E-state index contributed by atoms with van der Waals surface area (Å²) < 4.78 is 0. The number of pyridine rings is 1. The molecule has 4 nitrogen and oxygen atoms in total. The predicted molar refractivity (Wildman–Crippen MR) is 83.1 cm³/mol.